The molecule has 4 heteroatoms. The lowest BCUT2D eigenvalue weighted by atomic mass is 10.1. The van der Waals surface area contributed by atoms with Crippen molar-refractivity contribution in [3.8, 4) is 0 Å². The van der Waals surface area contributed by atoms with E-state index in [0.717, 1.165) is 11.4 Å². The normalized spacial score (nSPS) is 11.6. The number of pyridine rings is 2. The number of hydrogen-bond acceptors (Lipinski definition) is 3. The Morgan fingerprint density at radius 1 is 1.21 bits per heavy atom. The molecule has 0 saturated heterocycles. The molecule has 0 saturated carbocycles. The number of hydrogen-bond donors (Lipinski definition) is 1. The summed E-state index contributed by atoms with van der Waals surface area (Å²) in [5, 5.41) is 2.87. The predicted molar refractivity (Wildman–Crippen MR) is 73.3 cm³/mol. The van der Waals surface area contributed by atoms with Gasteiger partial charge in [-0.25, -0.2) is 0 Å². The van der Waals surface area contributed by atoms with E-state index in [1.165, 1.54) is 6.08 Å². The van der Waals surface area contributed by atoms with Crippen molar-refractivity contribution in [3.63, 3.8) is 0 Å². The number of amides is 1. The molecule has 0 fully saturated rings. The molecule has 2 heterocycles. The van der Waals surface area contributed by atoms with E-state index in [1.54, 1.807) is 12.4 Å². The molecule has 0 aromatic carbocycles. The molecule has 1 unspecified atom stereocenters. The van der Waals surface area contributed by atoms with Gasteiger partial charge in [0, 0.05) is 24.5 Å². The quantitative estimate of drug-likeness (QED) is 0.830. The second-order valence-electron chi connectivity index (χ2n) is 4.05. The summed E-state index contributed by atoms with van der Waals surface area (Å²) in [7, 11) is 0. The van der Waals surface area contributed by atoms with E-state index in [9.17, 15) is 4.79 Å². The van der Waals surface area contributed by atoms with Gasteiger partial charge in [0.25, 0.3) is 0 Å². The predicted octanol–water partition coefficient (Wildman–Crippen LogP) is 2.06. The molecule has 0 spiro atoms. The van der Waals surface area contributed by atoms with Gasteiger partial charge in [-0.1, -0.05) is 18.7 Å². The molecule has 4 nitrogen and oxygen atoms in total. The maximum absolute atomic E-state index is 11.5. The standard InChI is InChI=1S/C15H15N3O/c1-2-15(19)18-14(13-8-4-6-10-17-13)11-12-7-3-5-9-16-12/h2-10,14H,1,11H2,(H,18,19). The Balaban J connectivity index is 2.19. The second kappa shape index (κ2) is 6.44. The molecule has 0 radical (unpaired) electrons. The van der Waals surface area contributed by atoms with Gasteiger partial charge in [-0.3, -0.25) is 14.8 Å². The van der Waals surface area contributed by atoms with Gasteiger partial charge in [-0.05, 0) is 30.3 Å². The smallest absolute Gasteiger partial charge is 0.243 e. The Bertz CT molecular complexity index is 540. The highest BCUT2D eigenvalue weighted by Crippen LogP contribution is 2.15. The lowest BCUT2D eigenvalue weighted by molar-refractivity contribution is -0.117. The van der Waals surface area contributed by atoms with E-state index in [4.69, 9.17) is 0 Å². The van der Waals surface area contributed by atoms with Crippen LogP contribution in [-0.4, -0.2) is 15.9 Å². The zero-order chi connectivity index (χ0) is 13.5. The summed E-state index contributed by atoms with van der Waals surface area (Å²) >= 11 is 0. The first-order valence-electron chi connectivity index (χ1n) is 6.03. The van der Waals surface area contributed by atoms with Crippen LogP contribution in [0.4, 0.5) is 0 Å². The Morgan fingerprint density at radius 2 is 1.95 bits per heavy atom. The van der Waals surface area contributed by atoms with Gasteiger partial charge in [-0.2, -0.15) is 0 Å². The Kier molecular flexibility index (Phi) is 4.39. The van der Waals surface area contributed by atoms with Gasteiger partial charge in [0.05, 0.1) is 11.7 Å². The molecule has 2 aromatic heterocycles. The fraction of sp³-hybridized carbons (Fsp3) is 0.133. The van der Waals surface area contributed by atoms with Crippen molar-refractivity contribution in [3.05, 3.63) is 72.8 Å². The minimum Gasteiger partial charge on any atom is -0.344 e. The van der Waals surface area contributed by atoms with E-state index >= 15 is 0 Å². The molecule has 2 aromatic rings. The minimum absolute atomic E-state index is 0.207. The molecule has 0 bridgehead atoms. The van der Waals surface area contributed by atoms with Crippen LogP contribution < -0.4 is 5.32 Å². The highest BCUT2D eigenvalue weighted by molar-refractivity contribution is 5.87. The van der Waals surface area contributed by atoms with Crippen LogP contribution in [0.25, 0.3) is 0 Å². The number of nitrogens with one attached hydrogen (secondary N) is 1. The van der Waals surface area contributed by atoms with Crippen LogP contribution in [0.2, 0.25) is 0 Å². The maximum Gasteiger partial charge on any atom is 0.243 e. The molecular formula is C15H15N3O. The van der Waals surface area contributed by atoms with Gasteiger partial charge in [0.15, 0.2) is 0 Å². The van der Waals surface area contributed by atoms with Crippen molar-refractivity contribution in [1.82, 2.24) is 15.3 Å². The number of nitrogens with zero attached hydrogens (tertiary/aromatic N) is 2. The molecule has 1 amide bonds. The van der Waals surface area contributed by atoms with Gasteiger partial charge in [-0.15, -0.1) is 0 Å². The third kappa shape index (κ3) is 3.74. The summed E-state index contributed by atoms with van der Waals surface area (Å²) < 4.78 is 0. The summed E-state index contributed by atoms with van der Waals surface area (Å²) in [5.41, 5.74) is 1.71. The molecule has 96 valence electrons. The van der Waals surface area contributed by atoms with Crippen molar-refractivity contribution in [2.24, 2.45) is 0 Å². The van der Waals surface area contributed by atoms with Crippen LogP contribution in [0, 0.1) is 0 Å². The van der Waals surface area contributed by atoms with Crippen LogP contribution in [0.1, 0.15) is 17.4 Å². The minimum atomic E-state index is -0.216. The van der Waals surface area contributed by atoms with E-state index in [0.29, 0.717) is 6.42 Å². The summed E-state index contributed by atoms with van der Waals surface area (Å²) in [4.78, 5) is 20.1. The van der Waals surface area contributed by atoms with E-state index in [-0.39, 0.29) is 11.9 Å². The first-order chi connectivity index (χ1) is 9.29. The van der Waals surface area contributed by atoms with Gasteiger partial charge >= 0.3 is 0 Å². The zero-order valence-electron chi connectivity index (χ0n) is 10.5. The average Bonchev–Trinajstić information content (AvgIpc) is 2.48. The third-order valence-electron chi connectivity index (χ3n) is 2.69. The molecule has 19 heavy (non-hydrogen) atoms. The largest absolute Gasteiger partial charge is 0.344 e. The average molecular weight is 253 g/mol. The Labute approximate surface area is 112 Å². The molecule has 0 aliphatic heterocycles. The molecule has 1 N–H and O–H groups in total. The topological polar surface area (TPSA) is 54.9 Å². The summed E-state index contributed by atoms with van der Waals surface area (Å²) in [6.07, 6.45) is 5.30. The van der Waals surface area contributed by atoms with Gasteiger partial charge in [0.2, 0.25) is 5.91 Å². The van der Waals surface area contributed by atoms with Crippen LogP contribution >= 0.6 is 0 Å². The van der Waals surface area contributed by atoms with Crippen LogP contribution in [0.15, 0.2) is 61.4 Å². The number of aromatic nitrogens is 2. The third-order valence-corrected chi connectivity index (χ3v) is 2.69. The van der Waals surface area contributed by atoms with E-state index in [1.807, 2.05) is 36.4 Å². The number of carbonyl (C=O) groups is 1. The molecule has 2 rings (SSSR count). The first-order valence-corrected chi connectivity index (χ1v) is 6.03. The highest BCUT2D eigenvalue weighted by Gasteiger charge is 2.15. The van der Waals surface area contributed by atoms with Gasteiger partial charge in [0.1, 0.15) is 0 Å². The fourth-order valence-corrected chi connectivity index (χ4v) is 1.77. The zero-order valence-corrected chi connectivity index (χ0v) is 10.5. The fourth-order valence-electron chi connectivity index (χ4n) is 1.77. The summed E-state index contributed by atoms with van der Waals surface area (Å²) in [5.74, 6) is -0.216. The molecule has 0 aliphatic rings. The summed E-state index contributed by atoms with van der Waals surface area (Å²) in [6, 6.07) is 11.1. The van der Waals surface area contributed by atoms with Crippen molar-refractivity contribution < 1.29 is 4.79 Å². The van der Waals surface area contributed by atoms with Gasteiger partial charge < -0.3 is 5.32 Å². The van der Waals surface area contributed by atoms with Crippen LogP contribution in [0.5, 0.6) is 0 Å². The first kappa shape index (κ1) is 13.0. The van der Waals surface area contributed by atoms with Crippen molar-refractivity contribution in [2.45, 2.75) is 12.5 Å². The van der Waals surface area contributed by atoms with E-state index in [2.05, 4.69) is 21.9 Å². The lowest BCUT2D eigenvalue weighted by Crippen LogP contribution is -2.29. The van der Waals surface area contributed by atoms with Crippen LogP contribution in [0.3, 0.4) is 0 Å². The van der Waals surface area contributed by atoms with Crippen molar-refractivity contribution in [2.75, 3.05) is 0 Å². The van der Waals surface area contributed by atoms with E-state index < -0.39 is 0 Å². The van der Waals surface area contributed by atoms with Crippen molar-refractivity contribution >= 4 is 5.91 Å². The Morgan fingerprint density at radius 3 is 2.53 bits per heavy atom. The highest BCUT2D eigenvalue weighted by atomic mass is 16.1. The monoisotopic (exact) mass is 253 g/mol. The lowest BCUT2D eigenvalue weighted by Gasteiger charge is -2.16. The molecule has 0 aliphatic carbocycles. The maximum atomic E-state index is 11.5. The molecular weight excluding hydrogens is 238 g/mol. The number of rotatable bonds is 5. The SMILES string of the molecule is C=CC(=O)NC(Cc1ccccn1)c1ccccn1. The number of carbonyl (C=O) groups excluding carboxylic acids is 1. The molecule has 1 atom stereocenters. The second-order valence-corrected chi connectivity index (χ2v) is 4.05. The van der Waals surface area contributed by atoms with Crippen molar-refractivity contribution in [1.29, 1.82) is 0 Å². The Hall–Kier alpha value is -2.49. The van der Waals surface area contributed by atoms with Crippen LogP contribution in [-0.2, 0) is 11.2 Å². The summed E-state index contributed by atoms with van der Waals surface area (Å²) in [6.45, 7) is 3.47.